The van der Waals surface area contributed by atoms with E-state index in [1.54, 1.807) is 38.6 Å². The molecule has 0 saturated carbocycles. The number of primary amides is 3. The second kappa shape index (κ2) is 47.2. The standard InChI is InChI=1S/C41H62N11O18P.C27H29N6O.2Zn/c1-20(2)16-28(41(65)66)51-38(62)27(18-32(45)55)50-36(60)24(11-14-34(57)58)47-33(56)19-46-39(63)29-4-3-15-52(29)40(64)25(10-13-31(44)54)48-37(61)26(49-35(59)23(42)9-12-30(43)53)17-21-5-7-22(8-6-21)70-71(67,68)69;34-27(21-32(17-23-9-1-5-13-28-23)18-24-10-2-6-14-29-24)22-33(19-25-11-3-7-15-30-25)20-26-12-4-8-16-31-26;;/h5-8,20,23-29H,3-4,9-19,42H2,1-2H3,(H2,43,53)(H2,44,54)(H2,45,55)(H,46,63)(H,47,56)(H,48,61)(H,49,59)(H,50,60)(H,51,62)(H,57,58)(H,65,66)(H2,67,68,69);1-16,27H,17-22H2;;/q;-1;;/p-4. The fourth-order valence-corrected chi connectivity index (χ4v) is 11.3. The Kier molecular flexibility index (Phi) is 40.5. The Balaban J connectivity index is 0.000000683. The Morgan fingerprint density at radius 1 is 0.579 bits per heavy atom. The number of nitrogens with two attached hydrogens (primary N) is 4. The maximum atomic E-state index is 14.1. The van der Waals surface area contributed by atoms with E-state index in [0.717, 1.165) is 39.8 Å². The number of carbonyl (C=O) groups is 12. The zero-order valence-corrected chi connectivity index (χ0v) is 66.1. The third-order valence-electron chi connectivity index (χ3n) is 15.8. The number of carboxylic acids is 2. The molecule has 1 fully saturated rings. The summed E-state index contributed by atoms with van der Waals surface area (Å²) in [7, 11) is -5.44. The number of nitrogens with one attached hydrogen (secondary N) is 6. The number of hydrogen-bond acceptors (Lipinski definition) is 26. The van der Waals surface area contributed by atoms with Gasteiger partial charge in [-0.05, 0) is 130 Å². The average Bonchev–Trinajstić information content (AvgIpc) is 1.79. The number of nitrogens with zero attached hydrogens (tertiary/aromatic N) is 7. The van der Waals surface area contributed by atoms with Crippen molar-refractivity contribution in [3.8, 4) is 5.75 Å². The third-order valence-corrected chi connectivity index (χ3v) is 16.2. The molecule has 36 nitrogen and oxygen atoms in total. The number of phosphoric acid groups is 1. The molecular formula is C68H87N17O19PZn2-5. The molecule has 572 valence electrons. The second-order valence-electron chi connectivity index (χ2n) is 25.1. The number of rotatable bonds is 43. The molecule has 4 aromatic heterocycles. The summed E-state index contributed by atoms with van der Waals surface area (Å²) in [6.45, 7) is 5.48. The Labute approximate surface area is 642 Å². The monoisotopic (exact) mass is 1600 g/mol. The van der Waals surface area contributed by atoms with Crippen LogP contribution in [0.5, 0.6) is 5.75 Å². The molecule has 14 N–H and O–H groups in total. The molecule has 107 heavy (non-hydrogen) atoms. The molecule has 5 heterocycles. The van der Waals surface area contributed by atoms with Crippen LogP contribution in [0.2, 0.25) is 0 Å². The van der Waals surface area contributed by atoms with Gasteiger partial charge in [-0.1, -0.05) is 50.2 Å². The second-order valence-corrected chi connectivity index (χ2v) is 26.1. The topological polar surface area (TPSA) is 584 Å². The van der Waals surface area contributed by atoms with Gasteiger partial charge in [0.2, 0.25) is 59.1 Å². The van der Waals surface area contributed by atoms with Crippen molar-refractivity contribution in [1.29, 1.82) is 0 Å². The fraction of sp³-hybridized carbons (Fsp3) is 0.441. The van der Waals surface area contributed by atoms with E-state index in [1.165, 1.54) is 12.1 Å². The van der Waals surface area contributed by atoms with Gasteiger partial charge in [-0.25, -0.2) is 0 Å². The van der Waals surface area contributed by atoms with Gasteiger partial charge in [0.05, 0.1) is 53.8 Å². The number of hydrogen-bond donors (Lipinski definition) is 10. The maximum Gasteiger partial charge on any atom is 0.245 e. The van der Waals surface area contributed by atoms with Crippen molar-refractivity contribution >= 4 is 78.8 Å². The fourth-order valence-electron chi connectivity index (χ4n) is 10.9. The Morgan fingerprint density at radius 3 is 1.47 bits per heavy atom. The minimum absolute atomic E-state index is 0. The van der Waals surface area contributed by atoms with Crippen LogP contribution in [0.15, 0.2) is 122 Å². The van der Waals surface area contributed by atoms with Crippen LogP contribution in [0, 0.1) is 5.92 Å². The molecular weight excluding hydrogens is 1520 g/mol. The molecule has 7 unspecified atom stereocenters. The number of pyridine rings is 4. The van der Waals surface area contributed by atoms with Crippen LogP contribution in [-0.4, -0.2) is 180 Å². The van der Waals surface area contributed by atoms with Gasteiger partial charge in [0.25, 0.3) is 0 Å². The predicted molar refractivity (Wildman–Crippen MR) is 362 cm³/mol. The number of likely N-dealkylation sites (tertiary alicyclic amines) is 1. The molecule has 0 bridgehead atoms. The van der Waals surface area contributed by atoms with Crippen molar-refractivity contribution in [2.75, 3.05) is 26.2 Å². The van der Waals surface area contributed by atoms with Gasteiger partial charge in [-0.15, -0.1) is 6.10 Å². The average molecular weight is 1610 g/mol. The van der Waals surface area contributed by atoms with Crippen molar-refractivity contribution in [2.24, 2.45) is 28.9 Å². The summed E-state index contributed by atoms with van der Waals surface area (Å²) in [5, 5.41) is 49.9. The van der Waals surface area contributed by atoms with Crippen LogP contribution >= 0.6 is 7.82 Å². The first-order valence-corrected chi connectivity index (χ1v) is 34.9. The van der Waals surface area contributed by atoms with Crippen molar-refractivity contribution in [2.45, 2.75) is 159 Å². The normalized spacial score (nSPS) is 14.1. The van der Waals surface area contributed by atoms with Gasteiger partial charge in [0, 0.05) is 122 Å². The summed E-state index contributed by atoms with van der Waals surface area (Å²) in [6.07, 6.45) is 2.37. The number of carboxylic acid groups (broad SMARTS) is 2. The number of aromatic nitrogens is 4. The summed E-state index contributed by atoms with van der Waals surface area (Å²) in [6, 6.07) is 17.2. The molecule has 1 aliphatic rings. The molecule has 0 spiro atoms. The van der Waals surface area contributed by atoms with Crippen molar-refractivity contribution in [1.82, 2.24) is 66.5 Å². The van der Waals surface area contributed by atoms with E-state index in [-0.39, 0.29) is 101 Å². The Bertz CT molecular complexity index is 3580. The van der Waals surface area contributed by atoms with Crippen LogP contribution in [0.1, 0.15) is 106 Å². The Morgan fingerprint density at radius 2 is 1.03 bits per heavy atom. The first-order chi connectivity index (χ1) is 49.8. The van der Waals surface area contributed by atoms with Crippen molar-refractivity contribution < 1.29 is 131 Å². The van der Waals surface area contributed by atoms with Gasteiger partial charge in [0.1, 0.15) is 43.8 Å². The van der Waals surface area contributed by atoms with E-state index < -0.39 is 166 Å². The summed E-state index contributed by atoms with van der Waals surface area (Å²) < 4.78 is 15.4. The van der Waals surface area contributed by atoms with Gasteiger partial charge in [-0.2, -0.15) is 0 Å². The van der Waals surface area contributed by atoms with E-state index in [4.69, 9.17) is 22.9 Å². The predicted octanol–water partition coefficient (Wildman–Crippen LogP) is -6.28. The summed E-state index contributed by atoms with van der Waals surface area (Å²) in [4.78, 5) is 197. The zero-order chi connectivity index (χ0) is 77.2. The third kappa shape index (κ3) is 35.6. The molecule has 0 radical (unpaired) electrons. The minimum Gasteiger partial charge on any atom is -0.850 e. The molecule has 39 heteroatoms. The zero-order valence-electron chi connectivity index (χ0n) is 59.2. The summed E-state index contributed by atoms with van der Waals surface area (Å²) >= 11 is 0. The van der Waals surface area contributed by atoms with Gasteiger partial charge < -0.3 is 104 Å². The molecule has 1 aliphatic heterocycles. The van der Waals surface area contributed by atoms with Gasteiger partial charge in [0.15, 0.2) is 0 Å². The van der Waals surface area contributed by atoms with Crippen LogP contribution < -0.4 is 84.5 Å². The van der Waals surface area contributed by atoms with Crippen molar-refractivity contribution in [3.05, 3.63) is 150 Å². The van der Waals surface area contributed by atoms with E-state index in [9.17, 15) is 87.2 Å². The van der Waals surface area contributed by atoms with Gasteiger partial charge in [-0.3, -0.25) is 77.7 Å². The van der Waals surface area contributed by atoms with E-state index in [1.807, 2.05) is 72.8 Å². The maximum absolute atomic E-state index is 14.1. The van der Waals surface area contributed by atoms with E-state index in [0.29, 0.717) is 39.3 Å². The minimum atomic E-state index is -5.44. The quantitative estimate of drug-likeness (QED) is 0.0128. The number of benzene rings is 1. The number of carbonyl (C=O) groups excluding carboxylic acids is 12. The molecule has 1 saturated heterocycles. The number of phosphoric ester groups is 1. The summed E-state index contributed by atoms with van der Waals surface area (Å²) in [5.74, 6) is -14.0. The molecule has 1 aromatic carbocycles. The molecule has 6 rings (SSSR count). The largest absolute Gasteiger partial charge is 0.850 e. The molecule has 10 amide bonds. The van der Waals surface area contributed by atoms with E-state index >= 15 is 0 Å². The van der Waals surface area contributed by atoms with Crippen LogP contribution in [0.4, 0.5) is 0 Å². The molecule has 5 aromatic rings. The molecule has 7 atom stereocenters. The summed E-state index contributed by atoms with van der Waals surface area (Å²) in [5.41, 5.74) is 25.6. The number of amides is 10. The van der Waals surface area contributed by atoms with Crippen LogP contribution in [0.3, 0.4) is 0 Å². The molecule has 0 aliphatic carbocycles. The van der Waals surface area contributed by atoms with Crippen LogP contribution in [-0.2, 0) is 134 Å². The van der Waals surface area contributed by atoms with Crippen LogP contribution in [0.25, 0.3) is 0 Å². The Hall–Kier alpha value is -9.50. The SMILES string of the molecule is CC(C)CC(NC(=O)C(CC(N)=O)NC(=O)C(CCC(=O)[O-])NC(=O)CNC(=O)C1CCCN1C(=O)C(CCC(N)=O)NC(=O)C(Cc1ccc(OP(=O)([O-])[O-])cc1)NC(=O)C(N)CCC(N)=O)C(=O)[O-].[O-]C(CN(Cc1ccccn1)Cc1ccccn1)CN(Cc1ccccn1)Cc1ccccn1.[Zn].[Zn]. The smallest absolute Gasteiger partial charge is 0.245 e. The first-order valence-electron chi connectivity index (χ1n) is 33.4. The van der Waals surface area contributed by atoms with Gasteiger partial charge >= 0.3 is 0 Å². The number of aliphatic carboxylic acids is 2. The van der Waals surface area contributed by atoms with E-state index in [2.05, 4.69) is 66.2 Å². The van der Waals surface area contributed by atoms with Crippen molar-refractivity contribution in [3.63, 3.8) is 0 Å². The first kappa shape index (κ1) is 91.7.